The van der Waals surface area contributed by atoms with Crippen molar-refractivity contribution in [3.63, 3.8) is 0 Å². The Labute approximate surface area is 226 Å². The molecular weight excluding hydrogens is 575 g/mol. The van der Waals surface area contributed by atoms with Gasteiger partial charge in [-0.05, 0) is 90.9 Å². The Hall–Kier alpha value is -2.58. The number of rotatable bonds is 9. The summed E-state index contributed by atoms with van der Waals surface area (Å²) in [6, 6.07) is 23.8. The number of nitrogens with zero attached hydrogens (tertiary/aromatic N) is 1. The summed E-state index contributed by atoms with van der Waals surface area (Å²) < 4.78 is 6.87. The van der Waals surface area contributed by atoms with Crippen LogP contribution in [0, 0.1) is 3.57 Å². The molecule has 0 radical (unpaired) electrons. The molecule has 3 rings (SSSR count). The van der Waals surface area contributed by atoms with E-state index in [-0.39, 0.29) is 25.0 Å². The molecule has 35 heavy (non-hydrogen) atoms. The quantitative estimate of drug-likeness (QED) is 0.311. The van der Waals surface area contributed by atoms with Crippen LogP contribution in [0.4, 0.5) is 0 Å². The molecule has 3 aromatic carbocycles. The lowest BCUT2D eigenvalue weighted by Gasteiger charge is -2.33. The molecule has 0 aliphatic heterocycles. The van der Waals surface area contributed by atoms with E-state index in [9.17, 15) is 9.59 Å². The van der Waals surface area contributed by atoms with Gasteiger partial charge in [0.2, 0.25) is 5.91 Å². The fourth-order valence-corrected chi connectivity index (χ4v) is 4.04. The van der Waals surface area contributed by atoms with Crippen molar-refractivity contribution in [2.24, 2.45) is 0 Å². The lowest BCUT2D eigenvalue weighted by molar-refractivity contribution is -0.143. The number of hydrogen-bond acceptors (Lipinski definition) is 3. The van der Waals surface area contributed by atoms with Crippen LogP contribution in [-0.4, -0.2) is 34.9 Å². The number of hydrogen-bond donors (Lipinski definition) is 1. The fourth-order valence-electron chi connectivity index (χ4n) is 3.55. The molecule has 1 N–H and O–H groups in total. The van der Waals surface area contributed by atoms with Gasteiger partial charge in [0.25, 0.3) is 5.91 Å². The van der Waals surface area contributed by atoms with Gasteiger partial charge in [-0.15, -0.1) is 0 Å². The molecule has 0 spiro atoms. The van der Waals surface area contributed by atoms with E-state index in [2.05, 4.69) is 27.9 Å². The molecule has 3 aromatic rings. The highest BCUT2D eigenvalue weighted by molar-refractivity contribution is 14.1. The Morgan fingerprint density at radius 2 is 1.57 bits per heavy atom. The molecule has 0 fully saturated rings. The zero-order valence-electron chi connectivity index (χ0n) is 20.1. The highest BCUT2D eigenvalue weighted by Gasteiger charge is 2.32. The zero-order chi connectivity index (χ0) is 25.4. The van der Waals surface area contributed by atoms with E-state index < -0.39 is 11.6 Å². The van der Waals surface area contributed by atoms with Gasteiger partial charge in [-0.2, -0.15) is 0 Å². The SMILES string of the molecule is CC(C)(C)NC(=O)C(Cc1ccccc1)N(Cc1ccc(Cl)cc1)C(=O)COc1ccc(I)cc1. The number of carbonyl (C=O) groups excluding carboxylic acids is 2. The number of halogens is 2. The lowest BCUT2D eigenvalue weighted by atomic mass is 10.0. The average Bonchev–Trinajstić information content (AvgIpc) is 2.81. The van der Waals surface area contributed by atoms with Gasteiger partial charge in [-0.1, -0.05) is 54.1 Å². The van der Waals surface area contributed by atoms with Crippen molar-refractivity contribution < 1.29 is 14.3 Å². The smallest absolute Gasteiger partial charge is 0.261 e. The molecule has 1 atom stereocenters. The summed E-state index contributed by atoms with van der Waals surface area (Å²) in [5.41, 5.74) is 1.39. The van der Waals surface area contributed by atoms with Crippen molar-refractivity contribution in [2.75, 3.05) is 6.61 Å². The van der Waals surface area contributed by atoms with Gasteiger partial charge in [0, 0.05) is 27.1 Å². The van der Waals surface area contributed by atoms with Crippen molar-refractivity contribution in [3.05, 3.63) is 98.6 Å². The summed E-state index contributed by atoms with van der Waals surface area (Å²) in [7, 11) is 0. The van der Waals surface area contributed by atoms with Gasteiger partial charge in [-0.3, -0.25) is 9.59 Å². The van der Waals surface area contributed by atoms with Gasteiger partial charge in [0.05, 0.1) is 0 Å². The zero-order valence-corrected chi connectivity index (χ0v) is 23.0. The first-order valence-electron chi connectivity index (χ1n) is 11.4. The molecule has 0 aliphatic rings. The second-order valence-corrected chi connectivity index (χ2v) is 11.0. The first kappa shape index (κ1) is 27.0. The minimum Gasteiger partial charge on any atom is -0.484 e. The van der Waals surface area contributed by atoms with Crippen molar-refractivity contribution in [3.8, 4) is 5.75 Å². The van der Waals surface area contributed by atoms with E-state index in [4.69, 9.17) is 16.3 Å². The van der Waals surface area contributed by atoms with E-state index in [0.717, 1.165) is 14.7 Å². The molecule has 0 saturated heterocycles. The van der Waals surface area contributed by atoms with Crippen LogP contribution in [-0.2, 0) is 22.6 Å². The Morgan fingerprint density at radius 1 is 0.943 bits per heavy atom. The number of ether oxygens (including phenoxy) is 1. The Morgan fingerprint density at radius 3 is 2.17 bits per heavy atom. The van der Waals surface area contributed by atoms with Crippen LogP contribution in [0.2, 0.25) is 5.02 Å². The molecule has 5 nitrogen and oxygen atoms in total. The van der Waals surface area contributed by atoms with Gasteiger partial charge in [0.15, 0.2) is 6.61 Å². The second kappa shape index (κ2) is 12.4. The Kier molecular flexibility index (Phi) is 9.57. The van der Waals surface area contributed by atoms with Gasteiger partial charge < -0.3 is 15.0 Å². The maximum absolute atomic E-state index is 13.5. The summed E-state index contributed by atoms with van der Waals surface area (Å²) in [5, 5.41) is 3.67. The monoisotopic (exact) mass is 604 g/mol. The van der Waals surface area contributed by atoms with Crippen LogP contribution < -0.4 is 10.1 Å². The van der Waals surface area contributed by atoms with Crippen LogP contribution in [0.5, 0.6) is 5.75 Å². The van der Waals surface area contributed by atoms with Gasteiger partial charge >= 0.3 is 0 Å². The van der Waals surface area contributed by atoms with Crippen molar-refractivity contribution >= 4 is 46.0 Å². The lowest BCUT2D eigenvalue weighted by Crippen LogP contribution is -2.55. The summed E-state index contributed by atoms with van der Waals surface area (Å²) in [6.45, 7) is 5.85. The predicted octanol–water partition coefficient (Wildman–Crippen LogP) is 5.88. The average molecular weight is 605 g/mol. The van der Waals surface area contributed by atoms with Crippen LogP contribution in [0.3, 0.4) is 0 Å². The Balaban J connectivity index is 1.91. The summed E-state index contributed by atoms with van der Waals surface area (Å²) in [4.78, 5) is 28.6. The van der Waals surface area contributed by atoms with E-state index in [1.54, 1.807) is 17.0 Å². The third-order valence-electron chi connectivity index (χ3n) is 5.21. The highest BCUT2D eigenvalue weighted by atomic mass is 127. The maximum atomic E-state index is 13.5. The predicted molar refractivity (Wildman–Crippen MR) is 148 cm³/mol. The van der Waals surface area contributed by atoms with Crippen molar-refractivity contribution in [1.29, 1.82) is 0 Å². The van der Waals surface area contributed by atoms with Crippen molar-refractivity contribution in [1.82, 2.24) is 10.2 Å². The molecule has 0 bridgehead atoms. The summed E-state index contributed by atoms with van der Waals surface area (Å²) in [5.74, 6) is 0.116. The molecule has 7 heteroatoms. The number of amides is 2. The third kappa shape index (κ3) is 8.85. The number of nitrogens with one attached hydrogen (secondary N) is 1. The molecular formula is C28H30ClIN2O3. The number of benzene rings is 3. The third-order valence-corrected chi connectivity index (χ3v) is 6.18. The molecule has 1 unspecified atom stereocenters. The van der Waals surface area contributed by atoms with Crippen molar-refractivity contribution in [2.45, 2.75) is 45.3 Å². The Bertz CT molecular complexity index is 1110. The molecule has 0 heterocycles. The molecule has 2 amide bonds. The van der Waals surface area contributed by atoms with Crippen LogP contribution >= 0.6 is 34.2 Å². The van der Waals surface area contributed by atoms with Crippen LogP contribution in [0.25, 0.3) is 0 Å². The molecule has 184 valence electrons. The van der Waals surface area contributed by atoms with E-state index in [1.807, 2.05) is 87.5 Å². The first-order valence-corrected chi connectivity index (χ1v) is 12.8. The van der Waals surface area contributed by atoms with Crippen LogP contribution in [0.15, 0.2) is 78.9 Å². The minimum absolute atomic E-state index is 0.178. The van der Waals surface area contributed by atoms with Crippen LogP contribution in [0.1, 0.15) is 31.9 Å². The maximum Gasteiger partial charge on any atom is 0.261 e. The highest BCUT2D eigenvalue weighted by Crippen LogP contribution is 2.19. The number of carbonyl (C=O) groups is 2. The van der Waals surface area contributed by atoms with E-state index in [1.165, 1.54) is 0 Å². The normalized spacial score (nSPS) is 12.0. The summed E-state index contributed by atoms with van der Waals surface area (Å²) >= 11 is 8.28. The molecule has 0 aliphatic carbocycles. The van der Waals surface area contributed by atoms with Gasteiger partial charge in [-0.25, -0.2) is 0 Å². The van der Waals surface area contributed by atoms with E-state index in [0.29, 0.717) is 17.2 Å². The first-order chi connectivity index (χ1) is 16.6. The van der Waals surface area contributed by atoms with E-state index >= 15 is 0 Å². The standard InChI is InChI=1S/C28H30ClIN2O3/c1-28(2,3)31-27(34)25(17-20-7-5-4-6-8-20)32(18-21-9-11-22(29)12-10-21)26(33)19-35-24-15-13-23(30)14-16-24/h4-16,25H,17-19H2,1-3H3,(H,31,34). The topological polar surface area (TPSA) is 58.6 Å². The fraction of sp³-hybridized carbons (Fsp3) is 0.286. The molecule has 0 aromatic heterocycles. The minimum atomic E-state index is -0.722. The summed E-state index contributed by atoms with van der Waals surface area (Å²) in [6.07, 6.45) is 0.381. The molecule has 0 saturated carbocycles. The largest absolute Gasteiger partial charge is 0.484 e. The van der Waals surface area contributed by atoms with Gasteiger partial charge in [0.1, 0.15) is 11.8 Å². The second-order valence-electron chi connectivity index (χ2n) is 9.34.